The number of aryl methyl sites for hydroxylation is 1. The molecule has 0 radical (unpaired) electrons. The monoisotopic (exact) mass is 230 g/mol. The minimum atomic E-state index is -0.0310. The van der Waals surface area contributed by atoms with Gasteiger partial charge >= 0.3 is 0 Å². The van der Waals surface area contributed by atoms with Crippen LogP contribution in [0.25, 0.3) is 0 Å². The standard InChI is InChI=1S/C14H18N2O/c1-3-13(8-9-15)16-14(17)10-12-7-5-4-6-11(12)2/h4-7,13H,3,8,10H2,1-2H3,(H,16,17). The van der Waals surface area contributed by atoms with Crippen LogP contribution < -0.4 is 5.32 Å². The lowest BCUT2D eigenvalue weighted by atomic mass is 10.1. The summed E-state index contributed by atoms with van der Waals surface area (Å²) >= 11 is 0. The normalized spacial score (nSPS) is 11.6. The molecular formula is C14H18N2O. The third-order valence-corrected chi connectivity index (χ3v) is 2.81. The first-order valence-electron chi connectivity index (χ1n) is 5.88. The minimum absolute atomic E-state index is 0.0126. The number of carbonyl (C=O) groups is 1. The van der Waals surface area contributed by atoms with Gasteiger partial charge < -0.3 is 5.32 Å². The third-order valence-electron chi connectivity index (χ3n) is 2.81. The van der Waals surface area contributed by atoms with E-state index in [9.17, 15) is 4.79 Å². The summed E-state index contributed by atoms with van der Waals surface area (Å²) in [6.07, 6.45) is 1.54. The van der Waals surface area contributed by atoms with Gasteiger partial charge in [0.25, 0.3) is 0 Å². The first-order valence-corrected chi connectivity index (χ1v) is 5.88. The van der Waals surface area contributed by atoms with Gasteiger partial charge in [0.05, 0.1) is 18.9 Å². The molecule has 0 fully saturated rings. The van der Waals surface area contributed by atoms with Crippen LogP contribution in [0, 0.1) is 18.3 Å². The maximum Gasteiger partial charge on any atom is 0.224 e. The lowest BCUT2D eigenvalue weighted by Crippen LogP contribution is -2.35. The molecule has 1 N–H and O–H groups in total. The number of carbonyl (C=O) groups excluding carboxylic acids is 1. The molecule has 0 aliphatic rings. The highest BCUT2D eigenvalue weighted by Gasteiger charge is 2.11. The third kappa shape index (κ3) is 4.28. The van der Waals surface area contributed by atoms with Crippen molar-refractivity contribution in [3.8, 4) is 6.07 Å². The maximum absolute atomic E-state index is 11.8. The van der Waals surface area contributed by atoms with Crippen LogP contribution in [0.15, 0.2) is 24.3 Å². The van der Waals surface area contributed by atoms with Crippen LogP contribution in [0.3, 0.4) is 0 Å². The molecule has 1 rings (SSSR count). The SMILES string of the molecule is CCC(CC#N)NC(=O)Cc1ccccc1C. The topological polar surface area (TPSA) is 52.9 Å². The highest BCUT2D eigenvalue weighted by Crippen LogP contribution is 2.08. The molecule has 3 heteroatoms. The number of nitrogens with zero attached hydrogens (tertiary/aromatic N) is 1. The quantitative estimate of drug-likeness (QED) is 0.844. The van der Waals surface area contributed by atoms with Crippen LogP contribution in [0.4, 0.5) is 0 Å². The Kier molecular flexibility index (Phi) is 5.22. The summed E-state index contributed by atoms with van der Waals surface area (Å²) in [4.78, 5) is 11.8. The fourth-order valence-corrected chi connectivity index (χ4v) is 1.67. The molecular weight excluding hydrogens is 212 g/mol. The van der Waals surface area contributed by atoms with Gasteiger partial charge in [-0.25, -0.2) is 0 Å². The van der Waals surface area contributed by atoms with Gasteiger partial charge in [0.1, 0.15) is 0 Å². The Hall–Kier alpha value is -1.82. The molecule has 0 saturated carbocycles. The highest BCUT2D eigenvalue weighted by atomic mass is 16.1. The molecule has 17 heavy (non-hydrogen) atoms. The van der Waals surface area contributed by atoms with Gasteiger partial charge in [-0.3, -0.25) is 4.79 Å². The van der Waals surface area contributed by atoms with Crippen molar-refractivity contribution in [2.45, 2.75) is 39.2 Å². The lowest BCUT2D eigenvalue weighted by molar-refractivity contribution is -0.121. The fourth-order valence-electron chi connectivity index (χ4n) is 1.67. The Morgan fingerprint density at radius 2 is 2.18 bits per heavy atom. The average molecular weight is 230 g/mol. The maximum atomic E-state index is 11.8. The first-order chi connectivity index (χ1) is 8.17. The van der Waals surface area contributed by atoms with Crippen LogP contribution in [0.5, 0.6) is 0 Å². The van der Waals surface area contributed by atoms with E-state index in [1.165, 1.54) is 0 Å². The van der Waals surface area contributed by atoms with Crippen molar-refractivity contribution in [1.29, 1.82) is 5.26 Å². The predicted octanol–water partition coefficient (Wildman–Crippen LogP) is 2.35. The molecule has 0 heterocycles. The van der Waals surface area contributed by atoms with Crippen molar-refractivity contribution in [3.63, 3.8) is 0 Å². The number of nitriles is 1. The molecule has 1 atom stereocenters. The summed E-state index contributed by atoms with van der Waals surface area (Å²) in [5.41, 5.74) is 2.16. The molecule has 0 bridgehead atoms. The summed E-state index contributed by atoms with van der Waals surface area (Å²) in [5, 5.41) is 11.5. The highest BCUT2D eigenvalue weighted by molar-refractivity contribution is 5.79. The van der Waals surface area contributed by atoms with E-state index in [1.54, 1.807) is 0 Å². The zero-order chi connectivity index (χ0) is 12.7. The Balaban J connectivity index is 2.56. The largest absolute Gasteiger partial charge is 0.352 e. The van der Waals surface area contributed by atoms with E-state index < -0.39 is 0 Å². The van der Waals surface area contributed by atoms with Crippen molar-refractivity contribution >= 4 is 5.91 Å². The van der Waals surface area contributed by atoms with Gasteiger partial charge in [-0.2, -0.15) is 5.26 Å². The second kappa shape index (κ2) is 6.70. The summed E-state index contributed by atoms with van der Waals surface area (Å²) in [5.74, 6) is -0.0126. The molecule has 0 aliphatic heterocycles. The van der Waals surface area contributed by atoms with E-state index in [4.69, 9.17) is 5.26 Å². The smallest absolute Gasteiger partial charge is 0.224 e. The summed E-state index contributed by atoms with van der Waals surface area (Å²) in [7, 11) is 0. The number of nitrogens with one attached hydrogen (secondary N) is 1. The molecule has 0 aromatic heterocycles. The zero-order valence-corrected chi connectivity index (χ0v) is 10.4. The number of hydrogen-bond acceptors (Lipinski definition) is 2. The molecule has 90 valence electrons. The number of rotatable bonds is 5. The zero-order valence-electron chi connectivity index (χ0n) is 10.4. The Labute approximate surface area is 102 Å². The van der Waals surface area contributed by atoms with Crippen LogP contribution in [0.1, 0.15) is 30.9 Å². The van der Waals surface area contributed by atoms with Gasteiger partial charge in [0, 0.05) is 6.04 Å². The second-order valence-electron chi connectivity index (χ2n) is 4.14. The van der Waals surface area contributed by atoms with Crippen molar-refractivity contribution in [3.05, 3.63) is 35.4 Å². The molecule has 1 unspecified atom stereocenters. The summed E-state index contributed by atoms with van der Waals surface area (Å²) in [6, 6.07) is 9.90. The van der Waals surface area contributed by atoms with Gasteiger partial charge in [0.15, 0.2) is 0 Å². The van der Waals surface area contributed by atoms with Crippen LogP contribution in [-0.2, 0) is 11.2 Å². The molecule has 3 nitrogen and oxygen atoms in total. The van der Waals surface area contributed by atoms with Crippen molar-refractivity contribution < 1.29 is 4.79 Å². The molecule has 1 aromatic carbocycles. The van der Waals surface area contributed by atoms with Crippen LogP contribution >= 0.6 is 0 Å². The Morgan fingerprint density at radius 3 is 2.76 bits per heavy atom. The molecule has 1 aromatic rings. The van der Waals surface area contributed by atoms with E-state index in [-0.39, 0.29) is 11.9 Å². The van der Waals surface area contributed by atoms with Crippen molar-refractivity contribution in [1.82, 2.24) is 5.32 Å². The van der Waals surface area contributed by atoms with Crippen LogP contribution in [0.2, 0.25) is 0 Å². The van der Waals surface area contributed by atoms with Gasteiger partial charge in [-0.1, -0.05) is 31.2 Å². The van der Waals surface area contributed by atoms with Crippen molar-refractivity contribution in [2.24, 2.45) is 0 Å². The second-order valence-corrected chi connectivity index (χ2v) is 4.14. The van der Waals surface area contributed by atoms with E-state index in [0.717, 1.165) is 17.5 Å². The van der Waals surface area contributed by atoms with E-state index in [1.807, 2.05) is 38.1 Å². The molecule has 0 aliphatic carbocycles. The Morgan fingerprint density at radius 1 is 1.47 bits per heavy atom. The van der Waals surface area contributed by atoms with Gasteiger partial charge in [-0.05, 0) is 24.5 Å². The van der Waals surface area contributed by atoms with Gasteiger partial charge in [0.2, 0.25) is 5.91 Å². The summed E-state index contributed by atoms with van der Waals surface area (Å²) < 4.78 is 0. The average Bonchev–Trinajstić information content (AvgIpc) is 2.31. The van der Waals surface area contributed by atoms with Gasteiger partial charge in [-0.15, -0.1) is 0 Å². The number of amides is 1. The molecule has 0 spiro atoms. The lowest BCUT2D eigenvalue weighted by Gasteiger charge is -2.14. The van der Waals surface area contributed by atoms with E-state index in [0.29, 0.717) is 12.8 Å². The number of benzene rings is 1. The predicted molar refractivity (Wildman–Crippen MR) is 67.3 cm³/mol. The summed E-state index contributed by atoms with van der Waals surface area (Å²) in [6.45, 7) is 3.96. The number of hydrogen-bond donors (Lipinski definition) is 1. The molecule has 0 saturated heterocycles. The van der Waals surface area contributed by atoms with Crippen LogP contribution in [-0.4, -0.2) is 11.9 Å². The first kappa shape index (κ1) is 13.2. The van der Waals surface area contributed by atoms with E-state index >= 15 is 0 Å². The van der Waals surface area contributed by atoms with Crippen molar-refractivity contribution in [2.75, 3.05) is 0 Å². The Bertz CT molecular complexity index is 420. The van der Waals surface area contributed by atoms with E-state index in [2.05, 4.69) is 11.4 Å². The molecule has 1 amide bonds. The fraction of sp³-hybridized carbons (Fsp3) is 0.429. The minimum Gasteiger partial charge on any atom is -0.352 e.